The average Bonchev–Trinajstić information content (AvgIpc) is 2.29. The van der Waals surface area contributed by atoms with E-state index in [1.54, 1.807) is 18.3 Å². The lowest BCUT2D eigenvalue weighted by Gasteiger charge is -2.05. The van der Waals surface area contributed by atoms with Crippen LogP contribution in [-0.4, -0.2) is 31.1 Å². The minimum Gasteiger partial charge on any atom is -0.494 e. The normalized spacial score (nSPS) is 10.0. The van der Waals surface area contributed by atoms with Gasteiger partial charge in [-0.05, 0) is 18.6 Å². The molecule has 0 spiro atoms. The summed E-state index contributed by atoms with van der Waals surface area (Å²) in [4.78, 5) is 15.6. The Hall–Kier alpha value is -1.42. The molecule has 0 aromatic carbocycles. The number of hydrogen-bond donors (Lipinski definition) is 0. The smallest absolute Gasteiger partial charge is 0.210 e. The summed E-state index contributed by atoms with van der Waals surface area (Å²) in [6.45, 7) is 2.63. The first-order chi connectivity index (χ1) is 7.29. The van der Waals surface area contributed by atoms with Crippen LogP contribution >= 0.6 is 0 Å². The van der Waals surface area contributed by atoms with Gasteiger partial charge < -0.3 is 9.47 Å². The molecule has 0 N–H and O–H groups in total. The van der Waals surface area contributed by atoms with E-state index in [0.717, 1.165) is 6.42 Å². The maximum absolute atomic E-state index is 11.6. The number of aromatic nitrogens is 1. The highest BCUT2D eigenvalue weighted by Gasteiger charge is 2.12. The molecule has 0 bridgehead atoms. The molecule has 4 nitrogen and oxygen atoms in total. The number of hydrogen-bond acceptors (Lipinski definition) is 4. The van der Waals surface area contributed by atoms with Gasteiger partial charge in [-0.1, -0.05) is 6.92 Å². The van der Waals surface area contributed by atoms with Crippen molar-refractivity contribution in [2.75, 3.05) is 20.3 Å². The van der Waals surface area contributed by atoms with Crippen molar-refractivity contribution in [2.45, 2.75) is 13.3 Å². The Labute approximate surface area is 89.2 Å². The van der Waals surface area contributed by atoms with Crippen molar-refractivity contribution < 1.29 is 14.3 Å². The van der Waals surface area contributed by atoms with E-state index in [-0.39, 0.29) is 12.4 Å². The van der Waals surface area contributed by atoms with Gasteiger partial charge in [-0.25, -0.2) is 4.98 Å². The molecule has 0 radical (unpaired) electrons. The van der Waals surface area contributed by atoms with Crippen LogP contribution in [0, 0.1) is 0 Å². The van der Waals surface area contributed by atoms with Gasteiger partial charge in [0, 0.05) is 12.8 Å². The van der Waals surface area contributed by atoms with Crippen molar-refractivity contribution in [3.8, 4) is 5.75 Å². The zero-order valence-corrected chi connectivity index (χ0v) is 9.03. The molecule has 0 atom stereocenters. The Morgan fingerprint density at radius 1 is 1.53 bits per heavy atom. The Morgan fingerprint density at radius 3 is 3.00 bits per heavy atom. The number of ether oxygens (including phenoxy) is 2. The first-order valence-corrected chi connectivity index (χ1v) is 4.89. The number of Topliss-reactive ketones (excluding diaryl/α,β-unsaturated/α-hetero) is 1. The van der Waals surface area contributed by atoms with Gasteiger partial charge in [0.25, 0.3) is 0 Å². The second-order valence-corrected chi connectivity index (χ2v) is 3.03. The molecule has 1 aromatic heterocycles. The van der Waals surface area contributed by atoms with Gasteiger partial charge >= 0.3 is 0 Å². The minimum absolute atomic E-state index is 0.0568. The fourth-order valence-electron chi connectivity index (χ4n) is 1.14. The monoisotopic (exact) mass is 209 g/mol. The highest BCUT2D eigenvalue weighted by Crippen LogP contribution is 2.14. The van der Waals surface area contributed by atoms with Crippen LogP contribution < -0.4 is 4.74 Å². The summed E-state index contributed by atoms with van der Waals surface area (Å²) in [5.41, 5.74) is 0.330. The van der Waals surface area contributed by atoms with Gasteiger partial charge in [-0.3, -0.25) is 4.79 Å². The van der Waals surface area contributed by atoms with E-state index in [1.807, 2.05) is 6.92 Å². The van der Waals surface area contributed by atoms with Crippen LogP contribution in [0.15, 0.2) is 18.3 Å². The minimum atomic E-state index is -0.152. The van der Waals surface area contributed by atoms with Crippen molar-refractivity contribution in [1.82, 2.24) is 4.98 Å². The van der Waals surface area contributed by atoms with E-state index >= 15 is 0 Å². The van der Waals surface area contributed by atoms with Gasteiger partial charge in [0.15, 0.2) is 5.69 Å². The van der Waals surface area contributed by atoms with Crippen LogP contribution in [0.3, 0.4) is 0 Å². The van der Waals surface area contributed by atoms with E-state index in [4.69, 9.17) is 9.47 Å². The largest absolute Gasteiger partial charge is 0.494 e. The Balaban J connectivity index is 2.64. The molecule has 0 aliphatic heterocycles. The lowest BCUT2D eigenvalue weighted by Crippen LogP contribution is -2.12. The summed E-state index contributed by atoms with van der Waals surface area (Å²) in [6, 6.07) is 3.43. The van der Waals surface area contributed by atoms with Crippen molar-refractivity contribution in [2.24, 2.45) is 0 Å². The lowest BCUT2D eigenvalue weighted by molar-refractivity contribution is 0.0753. The van der Waals surface area contributed by atoms with Crippen LogP contribution in [0.2, 0.25) is 0 Å². The highest BCUT2D eigenvalue weighted by atomic mass is 16.5. The topological polar surface area (TPSA) is 48.4 Å². The maximum atomic E-state index is 11.6. The van der Waals surface area contributed by atoms with Crippen molar-refractivity contribution in [3.05, 3.63) is 24.0 Å². The van der Waals surface area contributed by atoms with Crippen LogP contribution in [-0.2, 0) is 4.74 Å². The zero-order chi connectivity index (χ0) is 11.1. The summed E-state index contributed by atoms with van der Waals surface area (Å²) in [6.07, 6.45) is 2.46. The summed E-state index contributed by atoms with van der Waals surface area (Å²) in [7, 11) is 1.51. The fourth-order valence-corrected chi connectivity index (χ4v) is 1.14. The molecule has 1 rings (SSSR count). The highest BCUT2D eigenvalue weighted by molar-refractivity contribution is 5.97. The Kier molecular flexibility index (Phi) is 4.77. The van der Waals surface area contributed by atoms with Crippen LogP contribution in [0.4, 0.5) is 0 Å². The zero-order valence-electron chi connectivity index (χ0n) is 9.03. The van der Waals surface area contributed by atoms with Crippen LogP contribution in [0.25, 0.3) is 0 Å². The van der Waals surface area contributed by atoms with Crippen LogP contribution in [0.1, 0.15) is 23.8 Å². The van der Waals surface area contributed by atoms with Gasteiger partial charge in [-0.15, -0.1) is 0 Å². The molecular formula is C11H15NO3. The van der Waals surface area contributed by atoms with E-state index in [1.165, 1.54) is 7.11 Å². The second kappa shape index (κ2) is 6.14. The second-order valence-electron chi connectivity index (χ2n) is 3.03. The molecule has 0 saturated carbocycles. The maximum Gasteiger partial charge on any atom is 0.210 e. The number of nitrogens with zero attached hydrogens (tertiary/aromatic N) is 1. The Morgan fingerprint density at radius 2 is 2.33 bits per heavy atom. The third kappa shape index (κ3) is 3.32. The number of rotatable bonds is 6. The first-order valence-electron chi connectivity index (χ1n) is 4.89. The summed E-state index contributed by atoms with van der Waals surface area (Å²) >= 11 is 0. The van der Waals surface area contributed by atoms with Crippen molar-refractivity contribution >= 4 is 5.78 Å². The standard InChI is InChI=1S/C11H15NO3/c1-3-7-15-8-9(13)11-10(14-2)5-4-6-12-11/h4-6H,3,7-8H2,1-2H3. The van der Waals surface area contributed by atoms with Gasteiger partial charge in [-0.2, -0.15) is 0 Å². The van der Waals surface area contributed by atoms with E-state index in [0.29, 0.717) is 18.1 Å². The molecule has 0 unspecified atom stereocenters. The van der Waals surface area contributed by atoms with Gasteiger partial charge in [0.05, 0.1) is 7.11 Å². The molecule has 1 heterocycles. The molecule has 1 aromatic rings. The van der Waals surface area contributed by atoms with Crippen molar-refractivity contribution in [1.29, 1.82) is 0 Å². The van der Waals surface area contributed by atoms with Gasteiger partial charge in [0.2, 0.25) is 5.78 Å². The molecule has 0 aliphatic carbocycles. The quantitative estimate of drug-likeness (QED) is 0.528. The first kappa shape index (κ1) is 11.7. The molecular weight excluding hydrogens is 194 g/mol. The van der Waals surface area contributed by atoms with Crippen LogP contribution in [0.5, 0.6) is 5.75 Å². The molecule has 0 fully saturated rings. The predicted octanol–water partition coefficient (Wildman–Crippen LogP) is 1.70. The van der Waals surface area contributed by atoms with Crippen molar-refractivity contribution in [3.63, 3.8) is 0 Å². The number of ketones is 1. The molecule has 82 valence electrons. The number of pyridine rings is 1. The Bertz CT molecular complexity index is 325. The molecule has 0 aliphatic rings. The molecule has 0 amide bonds. The molecule has 0 saturated heterocycles. The summed E-state index contributed by atoms with van der Waals surface area (Å²) in [5.74, 6) is 0.337. The third-order valence-corrected chi connectivity index (χ3v) is 1.84. The fraction of sp³-hybridized carbons (Fsp3) is 0.455. The van der Waals surface area contributed by atoms with E-state index in [9.17, 15) is 4.79 Å². The molecule has 4 heteroatoms. The number of methoxy groups -OCH3 is 1. The van der Waals surface area contributed by atoms with E-state index in [2.05, 4.69) is 4.98 Å². The van der Waals surface area contributed by atoms with Gasteiger partial charge in [0.1, 0.15) is 12.4 Å². The molecule has 15 heavy (non-hydrogen) atoms. The lowest BCUT2D eigenvalue weighted by atomic mass is 10.2. The number of carbonyl (C=O) groups excluding carboxylic acids is 1. The number of carbonyl (C=O) groups is 1. The van der Waals surface area contributed by atoms with E-state index < -0.39 is 0 Å². The predicted molar refractivity (Wildman–Crippen MR) is 56.2 cm³/mol. The third-order valence-electron chi connectivity index (χ3n) is 1.84. The summed E-state index contributed by atoms with van der Waals surface area (Å²) in [5, 5.41) is 0. The SMILES string of the molecule is CCCOCC(=O)c1ncccc1OC. The average molecular weight is 209 g/mol. The summed E-state index contributed by atoms with van der Waals surface area (Å²) < 4.78 is 10.2.